The quantitative estimate of drug-likeness (QED) is 0.800. The number of carbonyl (C=O) groups excluding carboxylic acids is 1. The van der Waals surface area contributed by atoms with E-state index in [1.54, 1.807) is 0 Å². The number of Topliss-reactive ketones (excluding diaryl/α,β-unsaturated/α-hetero) is 1. The zero-order valence-corrected chi connectivity index (χ0v) is 10.7. The molecule has 6 heteroatoms. The van der Waals surface area contributed by atoms with Crippen molar-refractivity contribution in [3.8, 4) is 0 Å². The molecule has 1 aromatic rings. The lowest BCUT2D eigenvalue weighted by molar-refractivity contribution is -0.118. The van der Waals surface area contributed by atoms with Gasteiger partial charge in [-0.3, -0.25) is 4.79 Å². The summed E-state index contributed by atoms with van der Waals surface area (Å²) in [6.45, 7) is 2.69. The van der Waals surface area contributed by atoms with E-state index in [1.807, 2.05) is 18.7 Å². The van der Waals surface area contributed by atoms with Crippen LogP contribution in [0.15, 0.2) is 4.52 Å². The number of rotatable bonds is 5. The summed E-state index contributed by atoms with van der Waals surface area (Å²) in [6, 6.07) is 0. The Morgan fingerprint density at radius 2 is 2.47 bits per heavy atom. The maximum absolute atomic E-state index is 11.4. The van der Waals surface area contributed by atoms with E-state index in [0.29, 0.717) is 24.7 Å². The second-order valence-electron chi connectivity index (χ2n) is 3.95. The fourth-order valence-electron chi connectivity index (χ4n) is 1.64. The molecule has 2 rings (SSSR count). The largest absolute Gasteiger partial charge is 0.368 e. The van der Waals surface area contributed by atoms with E-state index in [-0.39, 0.29) is 18.3 Å². The van der Waals surface area contributed by atoms with Crippen LogP contribution in [-0.2, 0) is 16.0 Å². The highest BCUT2D eigenvalue weighted by molar-refractivity contribution is 7.99. The Morgan fingerprint density at radius 1 is 1.59 bits per heavy atom. The average molecular weight is 256 g/mol. The molecule has 1 aliphatic rings. The molecular weight excluding hydrogens is 240 g/mol. The van der Waals surface area contributed by atoms with Crippen LogP contribution in [0.4, 0.5) is 0 Å². The standard InChI is InChI=1S/C11H16N2O3S/c1-2-3-8(14)6-10-12-11(13-16-10)9-7-17-5-4-15-9/h9H,2-7H2,1H3. The molecule has 0 spiro atoms. The van der Waals surface area contributed by atoms with Crippen molar-refractivity contribution in [2.24, 2.45) is 0 Å². The lowest BCUT2D eigenvalue weighted by atomic mass is 10.2. The molecule has 0 radical (unpaired) electrons. The number of aromatic nitrogens is 2. The minimum Gasteiger partial charge on any atom is -0.368 e. The van der Waals surface area contributed by atoms with E-state index < -0.39 is 0 Å². The molecule has 0 aromatic carbocycles. The maximum Gasteiger partial charge on any atom is 0.234 e. The summed E-state index contributed by atoms with van der Waals surface area (Å²) < 4.78 is 10.6. The lowest BCUT2D eigenvalue weighted by Gasteiger charge is -2.18. The summed E-state index contributed by atoms with van der Waals surface area (Å²) in [5.41, 5.74) is 0. The van der Waals surface area contributed by atoms with Gasteiger partial charge < -0.3 is 9.26 Å². The normalized spacial score (nSPS) is 20.4. The monoisotopic (exact) mass is 256 g/mol. The summed E-state index contributed by atoms with van der Waals surface area (Å²) in [4.78, 5) is 15.7. The number of ether oxygens (including phenoxy) is 1. The van der Waals surface area contributed by atoms with Gasteiger partial charge in [-0.15, -0.1) is 0 Å². The van der Waals surface area contributed by atoms with E-state index in [1.165, 1.54) is 0 Å². The molecule has 1 unspecified atom stereocenters. The topological polar surface area (TPSA) is 65.2 Å². The molecule has 5 nitrogen and oxygen atoms in total. The van der Waals surface area contributed by atoms with E-state index in [4.69, 9.17) is 9.26 Å². The van der Waals surface area contributed by atoms with E-state index >= 15 is 0 Å². The second kappa shape index (κ2) is 6.16. The van der Waals surface area contributed by atoms with E-state index in [2.05, 4.69) is 10.1 Å². The van der Waals surface area contributed by atoms with Crippen molar-refractivity contribution in [1.82, 2.24) is 10.1 Å². The SMILES string of the molecule is CCCC(=O)Cc1nc(C2CSCCO2)no1. The number of nitrogens with zero attached hydrogens (tertiary/aromatic N) is 2. The maximum atomic E-state index is 11.4. The highest BCUT2D eigenvalue weighted by Gasteiger charge is 2.22. The average Bonchev–Trinajstić information content (AvgIpc) is 2.79. The molecule has 1 atom stereocenters. The molecule has 1 aliphatic heterocycles. The number of ketones is 1. The summed E-state index contributed by atoms with van der Waals surface area (Å²) in [5, 5.41) is 3.88. The van der Waals surface area contributed by atoms with Crippen molar-refractivity contribution in [3.63, 3.8) is 0 Å². The van der Waals surface area contributed by atoms with Gasteiger partial charge in [-0.2, -0.15) is 16.7 Å². The summed E-state index contributed by atoms with van der Waals surface area (Å²) in [6.07, 6.45) is 1.56. The number of carbonyl (C=O) groups is 1. The Morgan fingerprint density at radius 3 is 3.18 bits per heavy atom. The first-order valence-corrected chi connectivity index (χ1v) is 6.98. The van der Waals surface area contributed by atoms with Crippen LogP contribution in [0.25, 0.3) is 0 Å². The number of thioether (sulfide) groups is 1. The first kappa shape index (κ1) is 12.6. The van der Waals surface area contributed by atoms with Gasteiger partial charge in [0, 0.05) is 17.9 Å². The van der Waals surface area contributed by atoms with Crippen molar-refractivity contribution in [3.05, 3.63) is 11.7 Å². The van der Waals surface area contributed by atoms with Crippen LogP contribution < -0.4 is 0 Å². The zero-order chi connectivity index (χ0) is 12.1. The molecule has 1 aromatic heterocycles. The molecule has 2 heterocycles. The third-order valence-corrected chi connectivity index (χ3v) is 3.46. The van der Waals surface area contributed by atoms with Gasteiger partial charge in [-0.1, -0.05) is 12.1 Å². The predicted molar refractivity (Wildman–Crippen MR) is 63.9 cm³/mol. The molecule has 1 fully saturated rings. The van der Waals surface area contributed by atoms with Gasteiger partial charge in [0.1, 0.15) is 11.9 Å². The molecule has 17 heavy (non-hydrogen) atoms. The fraction of sp³-hybridized carbons (Fsp3) is 0.727. The third kappa shape index (κ3) is 3.54. The van der Waals surface area contributed by atoms with Gasteiger partial charge in [-0.25, -0.2) is 0 Å². The summed E-state index contributed by atoms with van der Waals surface area (Å²) in [7, 11) is 0. The lowest BCUT2D eigenvalue weighted by Crippen LogP contribution is -2.16. The van der Waals surface area contributed by atoms with Crippen molar-refractivity contribution in [2.75, 3.05) is 18.1 Å². The molecule has 1 saturated heterocycles. The van der Waals surface area contributed by atoms with Gasteiger partial charge in [0.2, 0.25) is 11.7 Å². The van der Waals surface area contributed by atoms with Gasteiger partial charge in [-0.05, 0) is 6.42 Å². The van der Waals surface area contributed by atoms with E-state index in [0.717, 1.165) is 17.9 Å². The number of hydrogen-bond donors (Lipinski definition) is 0. The van der Waals surface area contributed by atoms with Gasteiger partial charge in [0.25, 0.3) is 0 Å². The van der Waals surface area contributed by atoms with Gasteiger partial charge in [0.05, 0.1) is 13.0 Å². The zero-order valence-electron chi connectivity index (χ0n) is 9.85. The Balaban J connectivity index is 1.93. The van der Waals surface area contributed by atoms with Gasteiger partial charge >= 0.3 is 0 Å². The highest BCUT2D eigenvalue weighted by atomic mass is 32.2. The van der Waals surface area contributed by atoms with Crippen LogP contribution in [0.3, 0.4) is 0 Å². The van der Waals surface area contributed by atoms with Crippen LogP contribution in [0.5, 0.6) is 0 Å². The van der Waals surface area contributed by atoms with Crippen molar-refractivity contribution in [2.45, 2.75) is 32.3 Å². The first-order chi connectivity index (χ1) is 8.29. The minimum absolute atomic E-state index is 0.0903. The molecule has 0 N–H and O–H groups in total. The van der Waals surface area contributed by atoms with Crippen LogP contribution >= 0.6 is 11.8 Å². The minimum atomic E-state index is -0.0903. The molecule has 0 saturated carbocycles. The molecule has 0 aliphatic carbocycles. The van der Waals surface area contributed by atoms with Crippen LogP contribution in [0, 0.1) is 0 Å². The van der Waals surface area contributed by atoms with Crippen molar-refractivity contribution in [1.29, 1.82) is 0 Å². The van der Waals surface area contributed by atoms with Crippen LogP contribution in [0.1, 0.15) is 37.6 Å². The number of hydrogen-bond acceptors (Lipinski definition) is 6. The second-order valence-corrected chi connectivity index (χ2v) is 5.10. The van der Waals surface area contributed by atoms with Crippen LogP contribution in [0.2, 0.25) is 0 Å². The van der Waals surface area contributed by atoms with Crippen LogP contribution in [-0.4, -0.2) is 34.0 Å². The molecular formula is C11H16N2O3S. The molecule has 0 bridgehead atoms. The van der Waals surface area contributed by atoms with E-state index in [9.17, 15) is 4.79 Å². The first-order valence-electron chi connectivity index (χ1n) is 5.83. The predicted octanol–water partition coefficient (Wildman–Crippen LogP) is 1.79. The van der Waals surface area contributed by atoms with Crippen molar-refractivity contribution < 1.29 is 14.1 Å². The smallest absolute Gasteiger partial charge is 0.234 e. The summed E-state index contributed by atoms with van der Waals surface area (Å²) >= 11 is 1.82. The molecule has 0 amide bonds. The van der Waals surface area contributed by atoms with Crippen molar-refractivity contribution >= 4 is 17.5 Å². The van der Waals surface area contributed by atoms with Gasteiger partial charge in [0.15, 0.2) is 0 Å². The Bertz CT molecular complexity index is 375. The molecule has 94 valence electrons. The fourth-order valence-corrected chi connectivity index (χ4v) is 2.48. The Kier molecular flexibility index (Phi) is 4.56. The Hall–Kier alpha value is -0.880. The summed E-state index contributed by atoms with van der Waals surface area (Å²) in [5.74, 6) is 2.97. The highest BCUT2D eigenvalue weighted by Crippen LogP contribution is 2.24. The Labute approximate surface area is 104 Å². The third-order valence-electron chi connectivity index (χ3n) is 2.46.